The standard InChI is InChI=1S/C15H16N2O3/c1-10-7-8-12(14(19)16-10)15(20)17-13(9-18)11-5-3-2-4-6-11/h2-8,13,18H,9H2,1H3,(H,16,19)(H,17,20)/t13-/m1/s1. The van der Waals surface area contributed by atoms with Crippen molar-refractivity contribution in [1.82, 2.24) is 10.3 Å². The molecule has 20 heavy (non-hydrogen) atoms. The van der Waals surface area contributed by atoms with E-state index >= 15 is 0 Å². The number of pyridine rings is 1. The normalized spacial score (nSPS) is 11.9. The Hall–Kier alpha value is -2.40. The highest BCUT2D eigenvalue weighted by molar-refractivity contribution is 5.94. The van der Waals surface area contributed by atoms with Gasteiger partial charge in [0, 0.05) is 5.69 Å². The molecular formula is C15H16N2O3. The van der Waals surface area contributed by atoms with Crippen molar-refractivity contribution >= 4 is 5.91 Å². The number of hydrogen-bond acceptors (Lipinski definition) is 3. The fourth-order valence-electron chi connectivity index (χ4n) is 1.91. The summed E-state index contributed by atoms with van der Waals surface area (Å²) in [6.07, 6.45) is 0. The first kappa shape index (κ1) is 14.0. The molecule has 2 aromatic rings. The zero-order chi connectivity index (χ0) is 14.5. The van der Waals surface area contributed by atoms with Gasteiger partial charge in [-0.05, 0) is 24.6 Å². The molecule has 2 rings (SSSR count). The van der Waals surface area contributed by atoms with Crippen LogP contribution in [-0.4, -0.2) is 22.6 Å². The number of carbonyl (C=O) groups is 1. The van der Waals surface area contributed by atoms with Crippen LogP contribution in [0.4, 0.5) is 0 Å². The molecule has 3 N–H and O–H groups in total. The molecule has 5 heteroatoms. The van der Waals surface area contributed by atoms with Crippen LogP contribution in [0.2, 0.25) is 0 Å². The third kappa shape index (κ3) is 3.13. The van der Waals surface area contributed by atoms with E-state index in [0.29, 0.717) is 5.69 Å². The Morgan fingerprint density at radius 1 is 1.25 bits per heavy atom. The molecule has 1 heterocycles. The lowest BCUT2D eigenvalue weighted by molar-refractivity contribution is 0.0914. The summed E-state index contributed by atoms with van der Waals surface area (Å²) in [5.41, 5.74) is 1.07. The number of aliphatic hydroxyl groups excluding tert-OH is 1. The first-order chi connectivity index (χ1) is 9.61. The number of aromatic amines is 1. The highest BCUT2D eigenvalue weighted by Crippen LogP contribution is 2.12. The van der Waals surface area contributed by atoms with Crippen molar-refractivity contribution in [3.8, 4) is 0 Å². The Morgan fingerprint density at radius 3 is 2.55 bits per heavy atom. The molecule has 0 fully saturated rings. The average Bonchev–Trinajstić information content (AvgIpc) is 2.45. The summed E-state index contributed by atoms with van der Waals surface area (Å²) < 4.78 is 0. The molecule has 0 saturated heterocycles. The van der Waals surface area contributed by atoms with Gasteiger partial charge in [0.1, 0.15) is 5.56 Å². The molecule has 0 aliphatic carbocycles. The number of aromatic nitrogens is 1. The molecule has 0 spiro atoms. The van der Waals surface area contributed by atoms with E-state index in [2.05, 4.69) is 10.3 Å². The highest BCUT2D eigenvalue weighted by atomic mass is 16.3. The molecule has 0 aliphatic rings. The maximum Gasteiger partial charge on any atom is 0.260 e. The smallest absolute Gasteiger partial charge is 0.260 e. The quantitative estimate of drug-likeness (QED) is 0.780. The Balaban J connectivity index is 2.20. The van der Waals surface area contributed by atoms with E-state index in [-0.39, 0.29) is 12.2 Å². The predicted molar refractivity (Wildman–Crippen MR) is 75.5 cm³/mol. The van der Waals surface area contributed by atoms with Gasteiger partial charge in [0.15, 0.2) is 0 Å². The van der Waals surface area contributed by atoms with Crippen molar-refractivity contribution < 1.29 is 9.90 Å². The van der Waals surface area contributed by atoms with Crippen LogP contribution < -0.4 is 10.9 Å². The van der Waals surface area contributed by atoms with Crippen molar-refractivity contribution in [2.75, 3.05) is 6.61 Å². The number of rotatable bonds is 4. The zero-order valence-electron chi connectivity index (χ0n) is 11.1. The fourth-order valence-corrected chi connectivity index (χ4v) is 1.91. The first-order valence-electron chi connectivity index (χ1n) is 6.28. The minimum absolute atomic E-state index is 0.0324. The summed E-state index contributed by atoms with van der Waals surface area (Å²) in [6, 6.07) is 11.7. The van der Waals surface area contributed by atoms with Crippen molar-refractivity contribution in [1.29, 1.82) is 0 Å². The zero-order valence-corrected chi connectivity index (χ0v) is 11.1. The van der Waals surface area contributed by atoms with Crippen LogP contribution in [0.5, 0.6) is 0 Å². The van der Waals surface area contributed by atoms with E-state index in [0.717, 1.165) is 5.56 Å². The maximum atomic E-state index is 12.1. The van der Waals surface area contributed by atoms with Crippen LogP contribution >= 0.6 is 0 Å². The molecule has 1 atom stereocenters. The molecule has 5 nitrogen and oxygen atoms in total. The van der Waals surface area contributed by atoms with Gasteiger partial charge in [0.2, 0.25) is 0 Å². The van der Waals surface area contributed by atoms with Gasteiger partial charge >= 0.3 is 0 Å². The number of amides is 1. The summed E-state index contributed by atoms with van der Waals surface area (Å²) in [7, 11) is 0. The number of aryl methyl sites for hydroxylation is 1. The van der Waals surface area contributed by atoms with Gasteiger partial charge in [-0.3, -0.25) is 9.59 Å². The second-order valence-electron chi connectivity index (χ2n) is 4.50. The van der Waals surface area contributed by atoms with Gasteiger partial charge in [-0.15, -0.1) is 0 Å². The largest absolute Gasteiger partial charge is 0.394 e. The van der Waals surface area contributed by atoms with E-state index in [1.165, 1.54) is 6.07 Å². The summed E-state index contributed by atoms with van der Waals surface area (Å²) in [5.74, 6) is -0.505. The Morgan fingerprint density at radius 2 is 1.95 bits per heavy atom. The number of hydrogen-bond donors (Lipinski definition) is 3. The number of benzene rings is 1. The Bertz CT molecular complexity index is 650. The number of carbonyl (C=O) groups excluding carboxylic acids is 1. The van der Waals surface area contributed by atoms with Gasteiger partial charge in [0.25, 0.3) is 11.5 Å². The molecule has 0 unspecified atom stereocenters. The van der Waals surface area contributed by atoms with Crippen molar-refractivity contribution in [2.24, 2.45) is 0 Å². The van der Waals surface area contributed by atoms with Gasteiger partial charge < -0.3 is 15.4 Å². The Kier molecular flexibility index (Phi) is 4.32. The Labute approximate surface area is 116 Å². The maximum absolute atomic E-state index is 12.1. The summed E-state index contributed by atoms with van der Waals surface area (Å²) in [6.45, 7) is 1.50. The van der Waals surface area contributed by atoms with Gasteiger partial charge in [0.05, 0.1) is 12.6 Å². The van der Waals surface area contributed by atoms with Crippen molar-refractivity contribution in [2.45, 2.75) is 13.0 Å². The second kappa shape index (κ2) is 6.16. The van der Waals surface area contributed by atoms with Crippen LogP contribution in [0.15, 0.2) is 47.3 Å². The van der Waals surface area contributed by atoms with Crippen LogP contribution in [0.25, 0.3) is 0 Å². The highest BCUT2D eigenvalue weighted by Gasteiger charge is 2.16. The third-order valence-electron chi connectivity index (χ3n) is 2.99. The summed E-state index contributed by atoms with van der Waals surface area (Å²) in [4.78, 5) is 26.4. The monoisotopic (exact) mass is 272 g/mol. The van der Waals surface area contributed by atoms with Crippen molar-refractivity contribution in [3.05, 3.63) is 69.6 Å². The number of H-pyrrole nitrogens is 1. The predicted octanol–water partition coefficient (Wildman–Crippen LogP) is 1.15. The number of aliphatic hydroxyl groups is 1. The molecule has 1 aromatic heterocycles. The van der Waals surface area contributed by atoms with Gasteiger partial charge in [-0.1, -0.05) is 30.3 Å². The first-order valence-corrected chi connectivity index (χ1v) is 6.28. The van der Waals surface area contributed by atoms with E-state index < -0.39 is 17.5 Å². The average molecular weight is 272 g/mol. The SMILES string of the molecule is Cc1ccc(C(=O)N[C@H](CO)c2ccccc2)c(=O)[nH]1. The molecule has 0 aliphatic heterocycles. The minimum atomic E-state index is -0.538. The summed E-state index contributed by atoms with van der Waals surface area (Å²) in [5, 5.41) is 12.0. The van der Waals surface area contributed by atoms with Gasteiger partial charge in [-0.25, -0.2) is 0 Å². The molecular weight excluding hydrogens is 256 g/mol. The van der Waals surface area contributed by atoms with E-state index in [1.54, 1.807) is 25.1 Å². The summed E-state index contributed by atoms with van der Waals surface area (Å²) >= 11 is 0. The fraction of sp³-hybridized carbons (Fsp3) is 0.200. The number of nitrogens with one attached hydrogen (secondary N) is 2. The van der Waals surface area contributed by atoms with E-state index in [1.807, 2.05) is 18.2 Å². The molecule has 0 bridgehead atoms. The lowest BCUT2D eigenvalue weighted by Gasteiger charge is -2.16. The van der Waals surface area contributed by atoms with Crippen LogP contribution in [0, 0.1) is 6.92 Å². The topological polar surface area (TPSA) is 82.2 Å². The third-order valence-corrected chi connectivity index (χ3v) is 2.99. The van der Waals surface area contributed by atoms with Crippen molar-refractivity contribution in [3.63, 3.8) is 0 Å². The minimum Gasteiger partial charge on any atom is -0.394 e. The van der Waals surface area contributed by atoms with Gasteiger partial charge in [-0.2, -0.15) is 0 Å². The molecule has 1 aromatic carbocycles. The van der Waals surface area contributed by atoms with Crippen LogP contribution in [0.3, 0.4) is 0 Å². The van der Waals surface area contributed by atoms with E-state index in [4.69, 9.17) is 0 Å². The molecule has 0 saturated carbocycles. The molecule has 0 radical (unpaired) electrons. The molecule has 1 amide bonds. The second-order valence-corrected chi connectivity index (χ2v) is 4.50. The van der Waals surface area contributed by atoms with Crippen LogP contribution in [-0.2, 0) is 0 Å². The van der Waals surface area contributed by atoms with E-state index in [9.17, 15) is 14.7 Å². The molecule has 104 valence electrons. The lowest BCUT2D eigenvalue weighted by atomic mass is 10.1. The lowest BCUT2D eigenvalue weighted by Crippen LogP contribution is -2.34. The van der Waals surface area contributed by atoms with Crippen LogP contribution in [0.1, 0.15) is 27.7 Å².